The van der Waals surface area contributed by atoms with E-state index in [9.17, 15) is 18.0 Å². The molecule has 198 valence electrons. The van der Waals surface area contributed by atoms with Gasteiger partial charge < -0.3 is 15.1 Å². The number of halogens is 3. The van der Waals surface area contributed by atoms with Crippen LogP contribution in [0, 0.1) is 13.8 Å². The van der Waals surface area contributed by atoms with Crippen LogP contribution in [0.3, 0.4) is 0 Å². The summed E-state index contributed by atoms with van der Waals surface area (Å²) in [6, 6.07) is 3.26. The number of nitrogens with zero attached hydrogens (tertiary/aromatic N) is 7. The van der Waals surface area contributed by atoms with E-state index in [1.807, 2.05) is 26.2 Å². The van der Waals surface area contributed by atoms with Crippen LogP contribution in [0.4, 0.5) is 30.1 Å². The first-order valence-corrected chi connectivity index (χ1v) is 13.4. The third-order valence-corrected chi connectivity index (χ3v) is 7.88. The molecule has 4 aromatic heterocycles. The minimum atomic E-state index is -4.49. The molecule has 38 heavy (non-hydrogen) atoms. The molecule has 1 saturated heterocycles. The van der Waals surface area contributed by atoms with Crippen molar-refractivity contribution in [2.24, 2.45) is 0 Å². The molecule has 1 fully saturated rings. The molecule has 9 nitrogen and oxygen atoms in total. The van der Waals surface area contributed by atoms with Gasteiger partial charge in [0.15, 0.2) is 5.13 Å². The molecule has 1 aliphatic heterocycles. The van der Waals surface area contributed by atoms with Crippen LogP contribution in [0.2, 0.25) is 0 Å². The second kappa shape index (κ2) is 10.3. The summed E-state index contributed by atoms with van der Waals surface area (Å²) >= 11 is 3.06. The number of carbonyl (C=O) groups excluding carboxylic acids is 1. The molecule has 1 N–H and O–H groups in total. The highest BCUT2D eigenvalue weighted by Crippen LogP contribution is 2.33. The van der Waals surface area contributed by atoms with Gasteiger partial charge >= 0.3 is 6.18 Å². The Bertz CT molecular complexity index is 1440. The number of pyridine rings is 1. The minimum absolute atomic E-state index is 0.170. The first kappa shape index (κ1) is 26.0. The fraction of sp³-hybridized carbons (Fsp3) is 0.333. The Morgan fingerprint density at radius 3 is 2.45 bits per heavy atom. The van der Waals surface area contributed by atoms with Gasteiger partial charge in [-0.25, -0.2) is 24.9 Å². The number of carbonyl (C=O) groups is 1. The Hall–Kier alpha value is -3.65. The second-order valence-electron chi connectivity index (χ2n) is 8.81. The van der Waals surface area contributed by atoms with Gasteiger partial charge in [0.2, 0.25) is 5.95 Å². The summed E-state index contributed by atoms with van der Waals surface area (Å²) in [4.78, 5) is 38.8. The van der Waals surface area contributed by atoms with Crippen LogP contribution in [0.5, 0.6) is 0 Å². The Kier molecular flexibility index (Phi) is 7.01. The number of alkyl halides is 3. The van der Waals surface area contributed by atoms with Gasteiger partial charge in [-0.2, -0.15) is 13.2 Å². The maximum atomic E-state index is 13.1. The van der Waals surface area contributed by atoms with E-state index in [2.05, 4.69) is 30.2 Å². The van der Waals surface area contributed by atoms with Gasteiger partial charge in [0.25, 0.3) is 5.91 Å². The number of thiazole rings is 2. The van der Waals surface area contributed by atoms with Crippen molar-refractivity contribution in [2.75, 3.05) is 29.9 Å². The highest BCUT2D eigenvalue weighted by Gasteiger charge is 2.33. The zero-order chi connectivity index (χ0) is 27.0. The number of piperazine rings is 1. The number of rotatable bonds is 5. The van der Waals surface area contributed by atoms with Crippen LogP contribution in [-0.2, 0) is 6.18 Å². The Balaban J connectivity index is 1.19. The number of anilines is 3. The molecule has 0 bridgehead atoms. The van der Waals surface area contributed by atoms with Crippen LogP contribution in [-0.4, -0.2) is 61.4 Å². The van der Waals surface area contributed by atoms with E-state index in [1.165, 1.54) is 17.5 Å². The molecule has 0 aromatic carbocycles. The second-order valence-corrected chi connectivity index (χ2v) is 10.9. The van der Waals surface area contributed by atoms with Crippen molar-refractivity contribution in [3.8, 4) is 10.6 Å². The van der Waals surface area contributed by atoms with Crippen molar-refractivity contribution in [1.29, 1.82) is 0 Å². The lowest BCUT2D eigenvalue weighted by atomic mass is 10.1. The molecule has 0 radical (unpaired) electrons. The molecule has 4 aromatic rings. The number of aromatic nitrogens is 5. The van der Waals surface area contributed by atoms with Crippen LogP contribution in [0.25, 0.3) is 10.6 Å². The van der Waals surface area contributed by atoms with E-state index in [1.54, 1.807) is 33.3 Å². The van der Waals surface area contributed by atoms with E-state index in [0.29, 0.717) is 36.1 Å². The lowest BCUT2D eigenvalue weighted by molar-refractivity contribution is -0.138. The van der Waals surface area contributed by atoms with Crippen LogP contribution in [0.15, 0.2) is 36.1 Å². The molecule has 0 saturated carbocycles. The van der Waals surface area contributed by atoms with Crippen molar-refractivity contribution in [1.82, 2.24) is 29.8 Å². The van der Waals surface area contributed by atoms with Crippen LogP contribution < -0.4 is 10.2 Å². The SMILES string of the molecule is Cc1nc(C)c(-c2csc(Nc3ccc(C(=O)N4CCN(c5ncc(C(F)(F)F)cn5)[C@@H](C)C4)cn3)n2)s1. The largest absolute Gasteiger partial charge is 0.419 e. The third kappa shape index (κ3) is 5.45. The predicted molar refractivity (Wildman–Crippen MR) is 140 cm³/mol. The Morgan fingerprint density at radius 1 is 1.08 bits per heavy atom. The van der Waals surface area contributed by atoms with Crippen LogP contribution in [0.1, 0.15) is 33.5 Å². The van der Waals surface area contributed by atoms with E-state index >= 15 is 0 Å². The van der Waals surface area contributed by atoms with Gasteiger partial charge in [0.1, 0.15) is 5.82 Å². The lowest BCUT2D eigenvalue weighted by Gasteiger charge is -2.39. The monoisotopic (exact) mass is 560 g/mol. The molecule has 5 heterocycles. The molecule has 0 unspecified atom stereocenters. The first-order chi connectivity index (χ1) is 18.1. The van der Waals surface area contributed by atoms with E-state index in [0.717, 1.165) is 33.7 Å². The van der Waals surface area contributed by atoms with Gasteiger partial charge in [0.05, 0.1) is 32.4 Å². The maximum absolute atomic E-state index is 13.1. The van der Waals surface area contributed by atoms with Crippen molar-refractivity contribution >= 4 is 45.5 Å². The molecule has 1 atom stereocenters. The molecule has 5 rings (SSSR count). The predicted octanol–water partition coefficient (Wildman–Crippen LogP) is 5.18. The summed E-state index contributed by atoms with van der Waals surface area (Å²) in [5, 5.41) is 6.82. The highest BCUT2D eigenvalue weighted by atomic mass is 32.1. The standard InChI is InChI=1S/C24H23F3N8OS2/c1-13-11-34(6-7-35(13)22-29-9-17(10-30-22)24(25,26)27)21(36)16-4-5-19(28-8-16)33-23-32-18(12-37-23)20-14(2)31-15(3)38-20/h4-5,8-10,12-13H,6-7,11H2,1-3H3,(H,28,32,33)/t13-/m0/s1. The van der Waals surface area contributed by atoms with E-state index in [4.69, 9.17) is 0 Å². The average molecular weight is 561 g/mol. The summed E-state index contributed by atoms with van der Waals surface area (Å²) in [6.45, 7) is 6.96. The Morgan fingerprint density at radius 2 is 1.84 bits per heavy atom. The van der Waals surface area contributed by atoms with Gasteiger partial charge in [0, 0.05) is 49.6 Å². The normalized spacial score (nSPS) is 16.1. The number of hydrogen-bond donors (Lipinski definition) is 1. The molecule has 14 heteroatoms. The van der Waals surface area contributed by atoms with Crippen molar-refractivity contribution in [2.45, 2.75) is 33.0 Å². The fourth-order valence-electron chi connectivity index (χ4n) is 4.15. The van der Waals surface area contributed by atoms with Gasteiger partial charge in [-0.05, 0) is 32.9 Å². The fourth-order valence-corrected chi connectivity index (χ4v) is 5.81. The van der Waals surface area contributed by atoms with E-state index < -0.39 is 11.7 Å². The van der Waals surface area contributed by atoms with Gasteiger partial charge in [-0.3, -0.25) is 4.79 Å². The summed E-state index contributed by atoms with van der Waals surface area (Å²) in [5.41, 5.74) is 1.36. The van der Waals surface area contributed by atoms with E-state index in [-0.39, 0.29) is 17.9 Å². The van der Waals surface area contributed by atoms with Gasteiger partial charge in [-0.15, -0.1) is 22.7 Å². The highest BCUT2D eigenvalue weighted by molar-refractivity contribution is 7.16. The molecular weight excluding hydrogens is 537 g/mol. The molecular formula is C24H23F3N8OS2. The van der Waals surface area contributed by atoms with Crippen LogP contribution >= 0.6 is 22.7 Å². The first-order valence-electron chi connectivity index (χ1n) is 11.7. The van der Waals surface area contributed by atoms with Crippen molar-refractivity contribution < 1.29 is 18.0 Å². The van der Waals surface area contributed by atoms with Crippen molar-refractivity contribution in [3.63, 3.8) is 0 Å². The topological polar surface area (TPSA) is 100 Å². The summed E-state index contributed by atoms with van der Waals surface area (Å²) < 4.78 is 38.4. The summed E-state index contributed by atoms with van der Waals surface area (Å²) in [6.07, 6.45) is -1.41. The lowest BCUT2D eigenvalue weighted by Crippen LogP contribution is -2.54. The molecule has 0 aliphatic carbocycles. The average Bonchev–Trinajstić information content (AvgIpc) is 3.48. The number of nitrogens with one attached hydrogen (secondary N) is 1. The summed E-state index contributed by atoms with van der Waals surface area (Å²) in [5.74, 6) is 0.606. The minimum Gasteiger partial charge on any atom is -0.335 e. The molecule has 0 spiro atoms. The third-order valence-electron chi connectivity index (χ3n) is 6.02. The smallest absolute Gasteiger partial charge is 0.335 e. The number of hydrogen-bond acceptors (Lipinski definition) is 10. The van der Waals surface area contributed by atoms with Gasteiger partial charge in [-0.1, -0.05) is 0 Å². The number of aryl methyl sites for hydroxylation is 2. The molecule has 1 amide bonds. The zero-order valence-electron chi connectivity index (χ0n) is 20.7. The quantitative estimate of drug-likeness (QED) is 0.356. The van der Waals surface area contributed by atoms with Crippen molar-refractivity contribution in [3.05, 3.63) is 57.9 Å². The Labute approximate surface area is 224 Å². The number of amides is 1. The molecule has 1 aliphatic rings. The summed E-state index contributed by atoms with van der Waals surface area (Å²) in [7, 11) is 0. The zero-order valence-corrected chi connectivity index (χ0v) is 22.3. The maximum Gasteiger partial charge on any atom is 0.419 e.